The van der Waals surface area contributed by atoms with Crippen molar-refractivity contribution in [2.75, 3.05) is 0 Å². The first-order chi connectivity index (χ1) is 12.5. The van der Waals surface area contributed by atoms with Crippen LogP contribution in [0.1, 0.15) is 11.1 Å². The van der Waals surface area contributed by atoms with Gasteiger partial charge in [0, 0.05) is 11.1 Å². The number of rotatable bonds is 2. The quantitative estimate of drug-likeness (QED) is 0.454. The van der Waals surface area contributed by atoms with Crippen molar-refractivity contribution < 1.29 is 8.78 Å². The minimum atomic E-state index is -0.308. The van der Waals surface area contributed by atoms with Crippen LogP contribution >= 0.6 is 0 Å². The summed E-state index contributed by atoms with van der Waals surface area (Å²) in [6.45, 7) is 4.06. The van der Waals surface area contributed by atoms with Gasteiger partial charge in [0.05, 0.1) is 22.4 Å². The van der Waals surface area contributed by atoms with Gasteiger partial charge in [-0.05, 0) is 85.6 Å². The minimum Gasteiger partial charge on any atom is -0.244 e. The van der Waals surface area contributed by atoms with E-state index in [9.17, 15) is 8.78 Å². The normalized spacial score (nSPS) is 11.1. The van der Waals surface area contributed by atoms with E-state index < -0.39 is 0 Å². The van der Waals surface area contributed by atoms with E-state index in [0.29, 0.717) is 11.4 Å². The molecule has 0 aliphatic rings. The van der Waals surface area contributed by atoms with E-state index in [4.69, 9.17) is 9.97 Å². The van der Waals surface area contributed by atoms with Gasteiger partial charge in [-0.15, -0.1) is 0 Å². The number of nitrogens with zero attached hydrogens (tertiary/aromatic N) is 2. The summed E-state index contributed by atoms with van der Waals surface area (Å²) in [6.07, 6.45) is 0. The maximum atomic E-state index is 13.3. The Balaban J connectivity index is 2.02. The van der Waals surface area contributed by atoms with E-state index in [-0.39, 0.29) is 11.6 Å². The van der Waals surface area contributed by atoms with Crippen molar-refractivity contribution >= 4 is 11.0 Å². The molecule has 1 heterocycles. The van der Waals surface area contributed by atoms with Gasteiger partial charge in [0.1, 0.15) is 11.6 Å². The molecule has 0 bridgehead atoms. The average molecular weight is 346 g/mol. The third kappa shape index (κ3) is 2.94. The maximum Gasteiger partial charge on any atom is 0.123 e. The zero-order valence-electron chi connectivity index (χ0n) is 14.4. The Bertz CT molecular complexity index is 1010. The number of aromatic nitrogens is 2. The second-order valence-electron chi connectivity index (χ2n) is 6.36. The molecule has 0 spiro atoms. The van der Waals surface area contributed by atoms with Gasteiger partial charge in [-0.2, -0.15) is 0 Å². The fourth-order valence-electron chi connectivity index (χ4n) is 2.93. The van der Waals surface area contributed by atoms with Crippen LogP contribution in [0.3, 0.4) is 0 Å². The summed E-state index contributed by atoms with van der Waals surface area (Å²) in [5.41, 5.74) is 6.63. The molecule has 0 fully saturated rings. The number of aryl methyl sites for hydroxylation is 2. The second kappa shape index (κ2) is 6.30. The highest BCUT2D eigenvalue weighted by atomic mass is 19.1. The molecule has 0 radical (unpaired) electrons. The zero-order valence-corrected chi connectivity index (χ0v) is 14.4. The molecule has 0 aliphatic heterocycles. The molecule has 0 unspecified atom stereocenters. The third-order valence-electron chi connectivity index (χ3n) is 4.52. The van der Waals surface area contributed by atoms with Gasteiger partial charge in [0.15, 0.2) is 0 Å². The first-order valence-electron chi connectivity index (χ1n) is 8.32. The first-order valence-corrected chi connectivity index (χ1v) is 8.32. The highest BCUT2D eigenvalue weighted by Crippen LogP contribution is 2.32. The molecule has 4 rings (SSSR count). The van der Waals surface area contributed by atoms with Crippen molar-refractivity contribution in [3.63, 3.8) is 0 Å². The van der Waals surface area contributed by atoms with Crippen LogP contribution in [0.4, 0.5) is 8.78 Å². The highest BCUT2D eigenvalue weighted by Gasteiger charge is 2.14. The summed E-state index contributed by atoms with van der Waals surface area (Å²) in [5, 5.41) is 0. The third-order valence-corrected chi connectivity index (χ3v) is 4.52. The van der Waals surface area contributed by atoms with Crippen LogP contribution in [0.15, 0.2) is 60.7 Å². The Labute approximate surface area is 150 Å². The van der Waals surface area contributed by atoms with Gasteiger partial charge in [-0.3, -0.25) is 0 Å². The number of benzene rings is 3. The topological polar surface area (TPSA) is 25.8 Å². The SMILES string of the molecule is Cc1cc2nc(-c3ccc(F)cc3)c(-c3ccc(F)cc3)nc2cc1C. The molecule has 0 atom stereocenters. The molecule has 4 heteroatoms. The number of hydrogen-bond donors (Lipinski definition) is 0. The number of halogens is 2. The Morgan fingerprint density at radius 1 is 0.577 bits per heavy atom. The highest BCUT2D eigenvalue weighted by molar-refractivity contribution is 5.86. The molecule has 0 aliphatic carbocycles. The average Bonchev–Trinajstić information content (AvgIpc) is 2.63. The van der Waals surface area contributed by atoms with E-state index in [0.717, 1.165) is 33.3 Å². The van der Waals surface area contributed by atoms with Crippen LogP contribution in [0.25, 0.3) is 33.5 Å². The number of fused-ring (bicyclic) bond motifs is 1. The van der Waals surface area contributed by atoms with E-state index in [1.54, 1.807) is 24.3 Å². The minimum absolute atomic E-state index is 0.308. The predicted octanol–water partition coefficient (Wildman–Crippen LogP) is 5.86. The van der Waals surface area contributed by atoms with Gasteiger partial charge >= 0.3 is 0 Å². The van der Waals surface area contributed by atoms with Crippen LogP contribution in [0.5, 0.6) is 0 Å². The molecular weight excluding hydrogens is 330 g/mol. The van der Waals surface area contributed by atoms with Crippen LogP contribution in [0.2, 0.25) is 0 Å². The predicted molar refractivity (Wildman–Crippen MR) is 99.8 cm³/mol. The molecule has 3 aromatic carbocycles. The lowest BCUT2D eigenvalue weighted by molar-refractivity contribution is 0.627. The summed E-state index contributed by atoms with van der Waals surface area (Å²) >= 11 is 0. The molecule has 4 aromatic rings. The van der Waals surface area contributed by atoms with Crippen molar-refractivity contribution in [3.05, 3.63) is 83.4 Å². The van der Waals surface area contributed by atoms with E-state index in [1.165, 1.54) is 24.3 Å². The monoisotopic (exact) mass is 346 g/mol. The van der Waals surface area contributed by atoms with Crippen LogP contribution in [-0.2, 0) is 0 Å². The summed E-state index contributed by atoms with van der Waals surface area (Å²) in [4.78, 5) is 9.59. The standard InChI is InChI=1S/C22H16F2N2/c1-13-11-19-20(12-14(13)2)26-22(16-5-9-18(24)10-6-16)21(25-19)15-3-7-17(23)8-4-15/h3-12H,1-2H3. The Hall–Kier alpha value is -3.14. The Morgan fingerprint density at radius 3 is 1.27 bits per heavy atom. The lowest BCUT2D eigenvalue weighted by Gasteiger charge is -2.12. The Morgan fingerprint density at radius 2 is 0.923 bits per heavy atom. The van der Waals surface area contributed by atoms with Gasteiger partial charge < -0.3 is 0 Å². The summed E-state index contributed by atoms with van der Waals surface area (Å²) in [6, 6.07) is 16.3. The molecule has 0 saturated heterocycles. The van der Waals surface area contributed by atoms with E-state index >= 15 is 0 Å². The summed E-state index contributed by atoms with van der Waals surface area (Å²) in [5.74, 6) is -0.616. The summed E-state index contributed by atoms with van der Waals surface area (Å²) in [7, 11) is 0. The fourth-order valence-corrected chi connectivity index (χ4v) is 2.93. The van der Waals surface area contributed by atoms with E-state index in [2.05, 4.69) is 0 Å². The Kier molecular flexibility index (Phi) is 3.96. The zero-order chi connectivity index (χ0) is 18.3. The van der Waals surface area contributed by atoms with Crippen LogP contribution in [0, 0.1) is 25.5 Å². The molecule has 2 nitrogen and oxygen atoms in total. The van der Waals surface area contributed by atoms with Gasteiger partial charge in [0.25, 0.3) is 0 Å². The lowest BCUT2D eigenvalue weighted by Crippen LogP contribution is -1.97. The van der Waals surface area contributed by atoms with Gasteiger partial charge in [-0.1, -0.05) is 0 Å². The molecule has 128 valence electrons. The smallest absolute Gasteiger partial charge is 0.123 e. The van der Waals surface area contributed by atoms with E-state index in [1.807, 2.05) is 26.0 Å². The summed E-state index contributed by atoms with van der Waals surface area (Å²) < 4.78 is 26.7. The van der Waals surface area contributed by atoms with Crippen molar-refractivity contribution in [3.8, 4) is 22.5 Å². The fraction of sp³-hybridized carbons (Fsp3) is 0.0909. The second-order valence-corrected chi connectivity index (χ2v) is 6.36. The van der Waals surface area contributed by atoms with Gasteiger partial charge in [0.2, 0.25) is 0 Å². The molecular formula is C22H16F2N2. The maximum absolute atomic E-state index is 13.3. The van der Waals surface area contributed by atoms with Crippen molar-refractivity contribution in [1.29, 1.82) is 0 Å². The lowest BCUT2D eigenvalue weighted by atomic mass is 10.0. The van der Waals surface area contributed by atoms with Crippen LogP contribution in [-0.4, -0.2) is 9.97 Å². The van der Waals surface area contributed by atoms with Gasteiger partial charge in [-0.25, -0.2) is 18.7 Å². The molecule has 0 amide bonds. The largest absolute Gasteiger partial charge is 0.244 e. The van der Waals surface area contributed by atoms with Crippen molar-refractivity contribution in [2.45, 2.75) is 13.8 Å². The molecule has 0 N–H and O–H groups in total. The van der Waals surface area contributed by atoms with Crippen LogP contribution < -0.4 is 0 Å². The molecule has 0 saturated carbocycles. The first kappa shape index (κ1) is 16.3. The molecule has 1 aromatic heterocycles. The van der Waals surface area contributed by atoms with Crippen molar-refractivity contribution in [2.24, 2.45) is 0 Å². The van der Waals surface area contributed by atoms with Crippen molar-refractivity contribution in [1.82, 2.24) is 9.97 Å². The number of hydrogen-bond acceptors (Lipinski definition) is 2. The molecule has 26 heavy (non-hydrogen) atoms.